The molecule has 0 unspecified atom stereocenters. The third kappa shape index (κ3) is 2.79. The summed E-state index contributed by atoms with van der Waals surface area (Å²) in [6.07, 6.45) is 0. The van der Waals surface area contributed by atoms with Crippen LogP contribution in [-0.2, 0) is 6.61 Å². The summed E-state index contributed by atoms with van der Waals surface area (Å²) in [7, 11) is 0. The average Bonchev–Trinajstić information content (AvgIpc) is 2.46. The molecule has 0 aromatic heterocycles. The molecule has 106 valence electrons. The molecule has 0 amide bonds. The Bertz CT molecular complexity index is 782. The second-order valence-corrected chi connectivity index (χ2v) is 4.76. The first-order valence-corrected chi connectivity index (χ1v) is 6.48. The van der Waals surface area contributed by atoms with Gasteiger partial charge in [-0.25, -0.2) is 8.78 Å². The maximum Gasteiger partial charge on any atom is 0.127 e. The van der Waals surface area contributed by atoms with E-state index in [0.717, 1.165) is 16.8 Å². The van der Waals surface area contributed by atoms with E-state index in [1.165, 1.54) is 12.1 Å². The van der Waals surface area contributed by atoms with E-state index in [4.69, 9.17) is 10.5 Å². The quantitative estimate of drug-likeness (QED) is 0.729. The lowest BCUT2D eigenvalue weighted by molar-refractivity contribution is 0.308. The fraction of sp³-hybridized carbons (Fsp3) is 0.0588. The highest BCUT2D eigenvalue weighted by atomic mass is 19.1. The number of hydrogen-bond acceptors (Lipinski definition) is 2. The van der Waals surface area contributed by atoms with E-state index in [0.29, 0.717) is 17.0 Å². The fourth-order valence-corrected chi connectivity index (χ4v) is 2.28. The largest absolute Gasteiger partial charge is 0.488 e. The Kier molecular flexibility index (Phi) is 3.44. The van der Waals surface area contributed by atoms with Gasteiger partial charge in [-0.3, -0.25) is 0 Å². The van der Waals surface area contributed by atoms with Crippen LogP contribution in [0, 0.1) is 11.6 Å². The zero-order valence-corrected chi connectivity index (χ0v) is 11.1. The van der Waals surface area contributed by atoms with E-state index >= 15 is 0 Å². The van der Waals surface area contributed by atoms with Gasteiger partial charge in [-0.2, -0.15) is 0 Å². The van der Waals surface area contributed by atoms with Gasteiger partial charge in [-0.15, -0.1) is 0 Å². The average molecular weight is 285 g/mol. The molecule has 0 saturated heterocycles. The lowest BCUT2D eigenvalue weighted by atomic mass is 10.1. The Labute approximate surface area is 120 Å². The van der Waals surface area contributed by atoms with Gasteiger partial charge in [0.05, 0.1) is 0 Å². The molecule has 21 heavy (non-hydrogen) atoms. The molecule has 0 radical (unpaired) electrons. The van der Waals surface area contributed by atoms with Crippen LogP contribution in [0.15, 0.2) is 54.6 Å². The molecule has 0 bridgehead atoms. The SMILES string of the molecule is Nc1ccc(OCc2cc(F)cc(F)c2)c2ccccc12. The van der Waals surface area contributed by atoms with E-state index < -0.39 is 11.6 Å². The van der Waals surface area contributed by atoms with Crippen LogP contribution in [-0.4, -0.2) is 0 Å². The van der Waals surface area contributed by atoms with Crippen LogP contribution in [0.3, 0.4) is 0 Å². The van der Waals surface area contributed by atoms with Crippen molar-refractivity contribution in [1.82, 2.24) is 0 Å². The third-order valence-electron chi connectivity index (χ3n) is 3.23. The molecular weight excluding hydrogens is 272 g/mol. The van der Waals surface area contributed by atoms with E-state index in [-0.39, 0.29) is 6.61 Å². The molecule has 0 heterocycles. The van der Waals surface area contributed by atoms with Gasteiger partial charge in [0.2, 0.25) is 0 Å². The number of ether oxygens (including phenoxy) is 1. The second kappa shape index (κ2) is 5.40. The summed E-state index contributed by atoms with van der Waals surface area (Å²) in [5, 5.41) is 1.76. The minimum Gasteiger partial charge on any atom is -0.488 e. The summed E-state index contributed by atoms with van der Waals surface area (Å²) in [6, 6.07) is 14.4. The van der Waals surface area contributed by atoms with Crippen molar-refractivity contribution in [3.8, 4) is 5.75 Å². The summed E-state index contributed by atoms with van der Waals surface area (Å²) in [5.74, 6) is -0.601. The van der Waals surface area contributed by atoms with Crippen molar-refractivity contribution in [3.63, 3.8) is 0 Å². The highest BCUT2D eigenvalue weighted by molar-refractivity contribution is 5.96. The van der Waals surface area contributed by atoms with Crippen LogP contribution < -0.4 is 10.5 Å². The van der Waals surface area contributed by atoms with Gasteiger partial charge in [-0.1, -0.05) is 24.3 Å². The number of hydrogen-bond donors (Lipinski definition) is 1. The monoisotopic (exact) mass is 285 g/mol. The van der Waals surface area contributed by atoms with E-state index in [2.05, 4.69) is 0 Å². The van der Waals surface area contributed by atoms with Gasteiger partial charge < -0.3 is 10.5 Å². The molecule has 0 saturated carbocycles. The molecule has 0 spiro atoms. The zero-order valence-electron chi connectivity index (χ0n) is 11.1. The molecule has 3 aromatic carbocycles. The predicted octanol–water partition coefficient (Wildman–Crippen LogP) is 4.28. The predicted molar refractivity (Wildman–Crippen MR) is 79.1 cm³/mol. The zero-order chi connectivity index (χ0) is 14.8. The van der Waals surface area contributed by atoms with Crippen LogP contribution in [0.1, 0.15) is 5.56 Å². The van der Waals surface area contributed by atoms with Gasteiger partial charge in [0.1, 0.15) is 24.0 Å². The van der Waals surface area contributed by atoms with Crippen molar-refractivity contribution >= 4 is 16.5 Å². The van der Waals surface area contributed by atoms with Crippen LogP contribution >= 0.6 is 0 Å². The second-order valence-electron chi connectivity index (χ2n) is 4.76. The Balaban J connectivity index is 1.90. The molecule has 0 aliphatic carbocycles. The lowest BCUT2D eigenvalue weighted by Gasteiger charge is -2.11. The van der Waals surface area contributed by atoms with Crippen molar-refractivity contribution in [3.05, 3.63) is 71.8 Å². The maximum absolute atomic E-state index is 13.1. The van der Waals surface area contributed by atoms with Gasteiger partial charge >= 0.3 is 0 Å². The Morgan fingerprint density at radius 1 is 0.857 bits per heavy atom. The normalized spacial score (nSPS) is 10.8. The maximum atomic E-state index is 13.1. The van der Waals surface area contributed by atoms with Gasteiger partial charge in [0.15, 0.2) is 0 Å². The van der Waals surface area contributed by atoms with E-state index in [1.54, 1.807) is 12.1 Å². The fourth-order valence-electron chi connectivity index (χ4n) is 2.28. The Hall–Kier alpha value is -2.62. The van der Waals surface area contributed by atoms with Gasteiger partial charge in [-0.05, 0) is 29.8 Å². The summed E-state index contributed by atoms with van der Waals surface area (Å²) < 4.78 is 32.0. The summed E-state index contributed by atoms with van der Waals surface area (Å²) in [4.78, 5) is 0. The minimum atomic E-state index is -0.615. The summed E-state index contributed by atoms with van der Waals surface area (Å²) in [5.41, 5.74) is 7.02. The molecule has 0 atom stereocenters. The van der Waals surface area contributed by atoms with Crippen molar-refractivity contribution in [1.29, 1.82) is 0 Å². The number of anilines is 1. The first-order valence-electron chi connectivity index (χ1n) is 6.48. The van der Waals surface area contributed by atoms with Crippen LogP contribution in [0.4, 0.5) is 14.5 Å². The minimum absolute atomic E-state index is 0.0859. The van der Waals surface area contributed by atoms with E-state index in [1.807, 2.05) is 24.3 Å². The van der Waals surface area contributed by atoms with Crippen LogP contribution in [0.5, 0.6) is 5.75 Å². The molecule has 0 fully saturated rings. The summed E-state index contributed by atoms with van der Waals surface area (Å²) >= 11 is 0. The highest BCUT2D eigenvalue weighted by Crippen LogP contribution is 2.30. The van der Waals surface area contributed by atoms with Crippen molar-refractivity contribution in [2.24, 2.45) is 0 Å². The van der Waals surface area contributed by atoms with E-state index in [9.17, 15) is 8.78 Å². The van der Waals surface area contributed by atoms with Crippen molar-refractivity contribution in [2.45, 2.75) is 6.61 Å². The Morgan fingerprint density at radius 3 is 2.24 bits per heavy atom. The first-order chi connectivity index (χ1) is 10.1. The molecule has 3 rings (SSSR count). The van der Waals surface area contributed by atoms with Gasteiger partial charge in [0.25, 0.3) is 0 Å². The molecule has 2 nitrogen and oxygen atoms in total. The Morgan fingerprint density at radius 2 is 1.52 bits per heavy atom. The molecule has 0 aliphatic heterocycles. The number of rotatable bonds is 3. The first kappa shape index (κ1) is 13.4. The molecule has 0 aliphatic rings. The van der Waals surface area contributed by atoms with Crippen molar-refractivity contribution in [2.75, 3.05) is 5.73 Å². The molecule has 4 heteroatoms. The number of halogens is 2. The van der Waals surface area contributed by atoms with Crippen molar-refractivity contribution < 1.29 is 13.5 Å². The summed E-state index contributed by atoms with van der Waals surface area (Å²) in [6.45, 7) is 0.0859. The molecule has 3 aromatic rings. The van der Waals surface area contributed by atoms with Gasteiger partial charge in [0, 0.05) is 22.5 Å². The third-order valence-corrected chi connectivity index (χ3v) is 3.23. The topological polar surface area (TPSA) is 35.2 Å². The number of nitrogen functional groups attached to an aromatic ring is 1. The van der Waals surface area contributed by atoms with Crippen LogP contribution in [0.25, 0.3) is 10.8 Å². The smallest absolute Gasteiger partial charge is 0.127 e. The highest BCUT2D eigenvalue weighted by Gasteiger charge is 2.06. The lowest BCUT2D eigenvalue weighted by Crippen LogP contribution is -1.98. The van der Waals surface area contributed by atoms with Crippen LogP contribution in [0.2, 0.25) is 0 Å². The molecule has 2 N–H and O–H groups in total. The number of nitrogens with two attached hydrogens (primary N) is 1. The molecular formula is C17H13F2NO. The number of benzene rings is 3. The standard InChI is InChI=1S/C17H13F2NO/c18-12-7-11(8-13(19)9-12)10-21-17-6-5-16(20)14-3-1-2-4-15(14)17/h1-9H,10,20H2. The number of fused-ring (bicyclic) bond motifs is 1.